The Morgan fingerprint density at radius 1 is 1.25 bits per heavy atom. The molecule has 0 bridgehead atoms. The highest BCUT2D eigenvalue weighted by Gasteiger charge is 2.40. The smallest absolute Gasteiger partial charge is 0.273 e. The second-order valence-corrected chi connectivity index (χ2v) is 6.26. The predicted octanol–water partition coefficient (Wildman–Crippen LogP) is 4.43. The molecule has 5 nitrogen and oxygen atoms in total. The number of benzene rings is 2. The van der Waals surface area contributed by atoms with E-state index in [1.807, 2.05) is 18.2 Å². The Morgan fingerprint density at radius 3 is 2.75 bits per heavy atom. The molecule has 0 spiro atoms. The van der Waals surface area contributed by atoms with Gasteiger partial charge in [-0.05, 0) is 23.5 Å². The van der Waals surface area contributed by atoms with Crippen LogP contribution >= 0.6 is 0 Å². The van der Waals surface area contributed by atoms with Crippen LogP contribution < -0.4 is 10.1 Å². The third-order valence-corrected chi connectivity index (χ3v) is 5.01. The summed E-state index contributed by atoms with van der Waals surface area (Å²) in [5.74, 6) is 1.05. The maximum absolute atomic E-state index is 11.2. The molecule has 2 aromatic rings. The number of rotatable bonds is 3. The first-order valence-corrected chi connectivity index (χ1v) is 8.03. The quantitative estimate of drug-likeness (QED) is 0.516. The number of ether oxygens (including phenoxy) is 1. The number of hydrogen-bond donors (Lipinski definition) is 1. The molecule has 1 aliphatic heterocycles. The van der Waals surface area contributed by atoms with Gasteiger partial charge in [-0.1, -0.05) is 42.5 Å². The van der Waals surface area contributed by atoms with Crippen molar-refractivity contribution in [3.8, 4) is 5.75 Å². The van der Waals surface area contributed by atoms with Crippen molar-refractivity contribution in [2.45, 2.75) is 18.4 Å². The van der Waals surface area contributed by atoms with Gasteiger partial charge < -0.3 is 10.1 Å². The van der Waals surface area contributed by atoms with Crippen LogP contribution in [-0.2, 0) is 0 Å². The van der Waals surface area contributed by atoms with Crippen LogP contribution in [0.5, 0.6) is 5.75 Å². The van der Waals surface area contributed by atoms with Crippen molar-refractivity contribution in [1.82, 2.24) is 0 Å². The highest BCUT2D eigenvalue weighted by molar-refractivity contribution is 5.71. The van der Waals surface area contributed by atoms with Gasteiger partial charge in [-0.15, -0.1) is 0 Å². The lowest BCUT2D eigenvalue weighted by Crippen LogP contribution is -2.29. The Hall–Kier alpha value is -2.82. The SMILES string of the molecule is COc1cc([N+](=O)[O-])cc2c1N[C@H](c1ccccc1)[C@@H]1CC=C[C@@H]21. The van der Waals surface area contributed by atoms with E-state index in [0.717, 1.165) is 17.7 Å². The first-order valence-electron chi connectivity index (χ1n) is 8.03. The zero-order valence-electron chi connectivity index (χ0n) is 13.3. The van der Waals surface area contributed by atoms with Gasteiger partial charge in [0.2, 0.25) is 0 Å². The van der Waals surface area contributed by atoms with E-state index in [-0.39, 0.29) is 22.6 Å². The summed E-state index contributed by atoms with van der Waals surface area (Å²) >= 11 is 0. The third-order valence-electron chi connectivity index (χ3n) is 5.01. The van der Waals surface area contributed by atoms with Crippen LogP contribution in [0.3, 0.4) is 0 Å². The Labute approximate surface area is 140 Å². The zero-order valence-corrected chi connectivity index (χ0v) is 13.3. The summed E-state index contributed by atoms with van der Waals surface area (Å²) in [6.45, 7) is 0. The molecule has 1 heterocycles. The van der Waals surface area contributed by atoms with Gasteiger partial charge in [0.15, 0.2) is 0 Å². The van der Waals surface area contributed by atoms with Crippen LogP contribution in [0.4, 0.5) is 11.4 Å². The van der Waals surface area contributed by atoms with Gasteiger partial charge in [-0.2, -0.15) is 0 Å². The minimum absolute atomic E-state index is 0.0737. The number of nitrogens with zero attached hydrogens (tertiary/aromatic N) is 1. The Morgan fingerprint density at radius 2 is 2.04 bits per heavy atom. The summed E-state index contributed by atoms with van der Waals surface area (Å²) in [5.41, 5.74) is 3.11. The van der Waals surface area contributed by atoms with Gasteiger partial charge in [0.25, 0.3) is 5.69 Å². The minimum Gasteiger partial charge on any atom is -0.494 e. The molecule has 0 radical (unpaired) electrons. The maximum Gasteiger partial charge on any atom is 0.273 e. The van der Waals surface area contributed by atoms with Crippen molar-refractivity contribution in [2.75, 3.05) is 12.4 Å². The van der Waals surface area contributed by atoms with Crippen molar-refractivity contribution < 1.29 is 9.66 Å². The van der Waals surface area contributed by atoms with Crippen molar-refractivity contribution in [1.29, 1.82) is 0 Å². The number of allylic oxidation sites excluding steroid dienone is 2. The molecule has 0 aromatic heterocycles. The van der Waals surface area contributed by atoms with Crippen molar-refractivity contribution in [2.24, 2.45) is 5.92 Å². The number of nitro groups is 1. The number of nitrogens with one attached hydrogen (secondary N) is 1. The van der Waals surface area contributed by atoms with Gasteiger partial charge in [-0.25, -0.2) is 0 Å². The monoisotopic (exact) mass is 322 g/mol. The number of methoxy groups -OCH3 is 1. The zero-order chi connectivity index (χ0) is 16.7. The summed E-state index contributed by atoms with van der Waals surface area (Å²) in [4.78, 5) is 10.9. The minimum atomic E-state index is -0.361. The number of fused-ring (bicyclic) bond motifs is 3. The summed E-state index contributed by atoms with van der Waals surface area (Å²) in [6.07, 6.45) is 5.30. The molecular formula is C19H18N2O3. The van der Waals surface area contributed by atoms with E-state index in [0.29, 0.717) is 11.7 Å². The highest BCUT2D eigenvalue weighted by atomic mass is 16.6. The van der Waals surface area contributed by atoms with Crippen molar-refractivity contribution >= 4 is 11.4 Å². The highest BCUT2D eigenvalue weighted by Crippen LogP contribution is 2.53. The largest absolute Gasteiger partial charge is 0.494 e. The van der Waals surface area contributed by atoms with E-state index in [1.165, 1.54) is 11.6 Å². The molecular weight excluding hydrogens is 304 g/mol. The van der Waals surface area contributed by atoms with E-state index < -0.39 is 0 Å². The Kier molecular flexibility index (Phi) is 3.49. The fourth-order valence-corrected chi connectivity index (χ4v) is 3.91. The van der Waals surface area contributed by atoms with Gasteiger partial charge in [0, 0.05) is 12.0 Å². The number of non-ortho nitro benzene ring substituents is 1. The van der Waals surface area contributed by atoms with Crippen molar-refractivity contribution in [3.05, 3.63) is 75.9 Å². The summed E-state index contributed by atoms with van der Waals surface area (Å²) in [6, 6.07) is 13.7. The van der Waals surface area contributed by atoms with Crippen LogP contribution in [0.25, 0.3) is 0 Å². The van der Waals surface area contributed by atoms with Gasteiger partial charge >= 0.3 is 0 Å². The van der Waals surface area contributed by atoms with Crippen molar-refractivity contribution in [3.63, 3.8) is 0 Å². The van der Waals surface area contributed by atoms with E-state index in [2.05, 4.69) is 29.6 Å². The molecule has 24 heavy (non-hydrogen) atoms. The number of nitro benzene ring substituents is 1. The van der Waals surface area contributed by atoms with Crippen LogP contribution in [-0.4, -0.2) is 12.0 Å². The second-order valence-electron chi connectivity index (χ2n) is 6.26. The second kappa shape index (κ2) is 5.67. The normalized spacial score (nSPS) is 24.0. The summed E-state index contributed by atoms with van der Waals surface area (Å²) in [7, 11) is 1.55. The van der Waals surface area contributed by atoms with E-state index >= 15 is 0 Å². The van der Waals surface area contributed by atoms with Gasteiger partial charge in [0.1, 0.15) is 5.75 Å². The van der Waals surface area contributed by atoms with Crippen LogP contribution in [0.15, 0.2) is 54.6 Å². The molecule has 122 valence electrons. The molecule has 4 rings (SSSR count). The molecule has 1 N–H and O–H groups in total. The standard InChI is InChI=1S/C19H18N2O3/c1-24-17-11-13(21(22)23)10-16-14-8-5-9-15(14)18(20-19(16)17)12-6-3-2-4-7-12/h2-8,10-11,14-15,18,20H,9H2,1H3/t14-,15-,18-/m1/s1. The first kappa shape index (κ1) is 14.8. The molecule has 0 saturated heterocycles. The van der Waals surface area contributed by atoms with E-state index in [4.69, 9.17) is 4.74 Å². The van der Waals surface area contributed by atoms with Crippen LogP contribution in [0, 0.1) is 16.0 Å². The summed E-state index contributed by atoms with van der Waals surface area (Å²) in [5, 5.41) is 14.8. The molecule has 0 fully saturated rings. The molecule has 3 atom stereocenters. The van der Waals surface area contributed by atoms with Gasteiger partial charge in [-0.3, -0.25) is 10.1 Å². The molecule has 2 aromatic carbocycles. The first-order chi connectivity index (χ1) is 11.7. The molecule has 0 unspecified atom stereocenters. The topological polar surface area (TPSA) is 64.4 Å². The summed E-state index contributed by atoms with van der Waals surface area (Å²) < 4.78 is 5.45. The fourth-order valence-electron chi connectivity index (χ4n) is 3.91. The van der Waals surface area contributed by atoms with E-state index in [1.54, 1.807) is 13.2 Å². The van der Waals surface area contributed by atoms with E-state index in [9.17, 15) is 10.1 Å². The molecule has 0 amide bonds. The number of anilines is 1. The lowest BCUT2D eigenvalue weighted by Gasteiger charge is -2.38. The lowest BCUT2D eigenvalue weighted by atomic mass is 9.76. The van der Waals surface area contributed by atoms with Gasteiger partial charge in [0.05, 0.1) is 29.8 Å². The lowest BCUT2D eigenvalue weighted by molar-refractivity contribution is -0.385. The fraction of sp³-hybridized carbons (Fsp3) is 0.263. The molecule has 1 aliphatic carbocycles. The Bertz CT molecular complexity index is 817. The average molecular weight is 322 g/mol. The Balaban J connectivity index is 1.86. The number of hydrogen-bond acceptors (Lipinski definition) is 4. The molecule has 5 heteroatoms. The molecule has 2 aliphatic rings. The average Bonchev–Trinajstić information content (AvgIpc) is 3.10. The maximum atomic E-state index is 11.2. The molecule has 0 saturated carbocycles. The third kappa shape index (κ3) is 2.24. The predicted molar refractivity (Wildman–Crippen MR) is 92.4 cm³/mol. The van der Waals surface area contributed by atoms with Crippen LogP contribution in [0.2, 0.25) is 0 Å². The van der Waals surface area contributed by atoms with Crippen LogP contribution in [0.1, 0.15) is 29.5 Å².